The molecule has 3 N–H and O–H groups in total. The van der Waals surface area contributed by atoms with Crippen LogP contribution in [0.4, 0.5) is 0 Å². The predicted molar refractivity (Wildman–Crippen MR) is 116 cm³/mol. The first kappa shape index (κ1) is 22.6. The maximum Gasteiger partial charge on any atom is 0.353 e. The zero-order chi connectivity index (χ0) is 22.4. The van der Waals surface area contributed by atoms with Crippen molar-refractivity contribution in [3.63, 3.8) is 0 Å². The summed E-state index contributed by atoms with van der Waals surface area (Å²) in [5.41, 5.74) is 0.0559. The second-order valence-electron chi connectivity index (χ2n) is 9.13. The smallest absolute Gasteiger partial charge is 0.353 e. The van der Waals surface area contributed by atoms with Gasteiger partial charge in [0.15, 0.2) is 0 Å². The quantitative estimate of drug-likeness (QED) is 0.490. The molecule has 2 amide bonds. The third-order valence-corrected chi connectivity index (χ3v) is 8.55. The van der Waals surface area contributed by atoms with Gasteiger partial charge in [0.1, 0.15) is 5.70 Å². The largest absolute Gasteiger partial charge is 0.477 e. The van der Waals surface area contributed by atoms with Crippen molar-refractivity contribution in [3.8, 4) is 0 Å². The van der Waals surface area contributed by atoms with Gasteiger partial charge in [-0.3, -0.25) is 14.5 Å². The Morgan fingerprint density at radius 2 is 2.00 bits per heavy atom. The van der Waals surface area contributed by atoms with Gasteiger partial charge in [-0.15, -0.1) is 11.8 Å². The molecule has 10 heteroatoms. The topological polar surface area (TPSA) is 113 Å². The number of aliphatic hydroxyl groups excluding tert-OH is 1. The van der Waals surface area contributed by atoms with E-state index in [1.165, 1.54) is 16.7 Å². The van der Waals surface area contributed by atoms with E-state index in [9.17, 15) is 24.6 Å². The van der Waals surface area contributed by atoms with Crippen molar-refractivity contribution in [1.29, 1.82) is 0 Å². The fourth-order valence-electron chi connectivity index (χ4n) is 5.46. The Balaban J connectivity index is 1.48. The van der Waals surface area contributed by atoms with Crippen LogP contribution in [-0.4, -0.2) is 106 Å². The Bertz CT molecular complexity index is 795. The van der Waals surface area contributed by atoms with Gasteiger partial charge in [-0.05, 0) is 33.4 Å². The fraction of sp³-hybridized carbons (Fsp3) is 0.762. The van der Waals surface area contributed by atoms with Gasteiger partial charge in [-0.1, -0.05) is 6.92 Å². The predicted octanol–water partition coefficient (Wildman–Crippen LogP) is -0.232. The number of carbonyl (C=O) groups is 3. The normalized spacial score (nSPS) is 35.1. The molecule has 0 aliphatic carbocycles. The highest BCUT2D eigenvalue weighted by molar-refractivity contribution is 8.03. The Morgan fingerprint density at radius 1 is 1.26 bits per heavy atom. The number of thioether (sulfide) groups is 1. The fourth-order valence-corrected chi connectivity index (χ4v) is 7.06. The number of nitrogens with one attached hydrogen (secondary N) is 1. The lowest BCUT2D eigenvalue weighted by atomic mass is 9.79. The molecule has 9 nitrogen and oxygen atoms in total. The molecule has 0 aromatic heterocycles. The molecule has 4 heterocycles. The summed E-state index contributed by atoms with van der Waals surface area (Å²) in [7, 11) is 1.95. The summed E-state index contributed by atoms with van der Waals surface area (Å²) >= 11 is 1.50. The molecular formula is C21H32N4O5S. The van der Waals surface area contributed by atoms with E-state index in [0.717, 1.165) is 26.1 Å². The minimum Gasteiger partial charge on any atom is -0.477 e. The highest BCUT2D eigenvalue weighted by Crippen LogP contribution is 2.52. The van der Waals surface area contributed by atoms with Crippen LogP contribution in [0.5, 0.6) is 0 Å². The molecular weight excluding hydrogens is 420 g/mol. The third-order valence-electron chi connectivity index (χ3n) is 7.05. The van der Waals surface area contributed by atoms with Gasteiger partial charge in [-0.2, -0.15) is 0 Å². The lowest BCUT2D eigenvalue weighted by Crippen LogP contribution is -2.63. The summed E-state index contributed by atoms with van der Waals surface area (Å²) in [4.78, 5) is 43.7. The number of carbonyl (C=O) groups excluding carboxylic acids is 2. The number of fused-ring (bicyclic) bond motifs is 1. The van der Waals surface area contributed by atoms with E-state index in [4.69, 9.17) is 0 Å². The number of nitrogens with zero attached hydrogens (tertiary/aromatic N) is 3. The molecule has 4 aliphatic heterocycles. The van der Waals surface area contributed by atoms with Crippen LogP contribution >= 0.6 is 11.8 Å². The van der Waals surface area contributed by atoms with Gasteiger partial charge >= 0.3 is 5.97 Å². The molecule has 0 saturated carbocycles. The second kappa shape index (κ2) is 8.73. The molecule has 4 rings (SSSR count). The van der Waals surface area contributed by atoms with E-state index in [1.807, 2.05) is 18.9 Å². The number of carboxylic acid groups (broad SMARTS) is 1. The summed E-state index contributed by atoms with van der Waals surface area (Å²) in [5, 5.41) is 23.2. The Morgan fingerprint density at radius 3 is 2.68 bits per heavy atom. The summed E-state index contributed by atoms with van der Waals surface area (Å²) < 4.78 is 0. The zero-order valence-corrected chi connectivity index (χ0v) is 19.1. The average Bonchev–Trinajstić information content (AvgIpc) is 3.02. The van der Waals surface area contributed by atoms with Crippen molar-refractivity contribution in [2.45, 2.75) is 50.1 Å². The molecule has 0 aromatic carbocycles. The van der Waals surface area contributed by atoms with Crippen LogP contribution in [0.1, 0.15) is 26.7 Å². The molecule has 172 valence electrons. The van der Waals surface area contributed by atoms with E-state index in [2.05, 4.69) is 10.2 Å². The zero-order valence-electron chi connectivity index (χ0n) is 18.3. The number of hydrogen-bond acceptors (Lipinski definition) is 7. The lowest BCUT2D eigenvalue weighted by molar-refractivity contribution is -0.163. The van der Waals surface area contributed by atoms with Crippen LogP contribution in [0.2, 0.25) is 0 Å². The minimum absolute atomic E-state index is 0.0559. The van der Waals surface area contributed by atoms with Gasteiger partial charge in [-0.25, -0.2) is 4.79 Å². The van der Waals surface area contributed by atoms with Crippen molar-refractivity contribution in [1.82, 2.24) is 20.0 Å². The molecule has 0 spiro atoms. The van der Waals surface area contributed by atoms with Crippen LogP contribution in [0.15, 0.2) is 10.6 Å². The number of hydrogen-bond donors (Lipinski definition) is 3. The van der Waals surface area contributed by atoms with E-state index in [1.54, 1.807) is 6.92 Å². The first-order chi connectivity index (χ1) is 14.7. The van der Waals surface area contributed by atoms with Gasteiger partial charge in [0.25, 0.3) is 0 Å². The van der Waals surface area contributed by atoms with Crippen molar-refractivity contribution in [2.24, 2.45) is 11.8 Å². The minimum atomic E-state index is -1.11. The number of aliphatic hydroxyl groups is 1. The maximum absolute atomic E-state index is 13.1. The highest BCUT2D eigenvalue weighted by Gasteiger charge is 2.60. The monoisotopic (exact) mass is 452 g/mol. The van der Waals surface area contributed by atoms with Gasteiger partial charge < -0.3 is 25.3 Å². The van der Waals surface area contributed by atoms with Crippen LogP contribution in [0.3, 0.4) is 0 Å². The van der Waals surface area contributed by atoms with Crippen molar-refractivity contribution in [3.05, 3.63) is 10.6 Å². The van der Waals surface area contributed by atoms with Crippen LogP contribution < -0.4 is 5.32 Å². The number of amides is 2. The molecule has 4 aliphatic rings. The van der Waals surface area contributed by atoms with Crippen LogP contribution in [0.25, 0.3) is 0 Å². The molecule has 0 aromatic rings. The number of likely N-dealkylation sites (tertiary alicyclic amines) is 1. The number of carboxylic acids is 1. The second-order valence-corrected chi connectivity index (χ2v) is 10.5. The molecule has 3 saturated heterocycles. The first-order valence-corrected chi connectivity index (χ1v) is 11.9. The Hall–Kier alpha value is -1.62. The Labute approximate surface area is 186 Å². The summed E-state index contributed by atoms with van der Waals surface area (Å²) in [5.74, 6) is -1.98. The summed E-state index contributed by atoms with van der Waals surface area (Å²) in [6.07, 6.45) is 0.798. The van der Waals surface area contributed by atoms with E-state index < -0.39 is 18.0 Å². The van der Waals surface area contributed by atoms with Crippen LogP contribution in [-0.2, 0) is 14.4 Å². The molecule has 0 bridgehead atoms. The summed E-state index contributed by atoms with van der Waals surface area (Å²) in [6, 6.07) is -0.507. The van der Waals surface area contributed by atoms with Crippen molar-refractivity contribution >= 4 is 29.5 Å². The van der Waals surface area contributed by atoms with E-state index >= 15 is 0 Å². The van der Waals surface area contributed by atoms with Crippen LogP contribution in [0, 0.1) is 11.8 Å². The van der Waals surface area contributed by atoms with Gasteiger partial charge in [0.05, 0.1) is 24.1 Å². The first-order valence-electron chi connectivity index (χ1n) is 11.1. The lowest BCUT2D eigenvalue weighted by Gasteiger charge is -2.46. The number of aliphatic carboxylic acids is 1. The highest BCUT2D eigenvalue weighted by atomic mass is 32.2. The third kappa shape index (κ3) is 3.88. The molecule has 0 radical (unpaired) electrons. The van der Waals surface area contributed by atoms with Gasteiger partial charge in [0, 0.05) is 42.3 Å². The van der Waals surface area contributed by atoms with Gasteiger partial charge in [0.2, 0.25) is 11.8 Å². The average molecular weight is 453 g/mol. The number of likely N-dealkylation sites (N-methyl/N-ethyl adjacent to an activating group) is 1. The molecule has 6 atom stereocenters. The Kier molecular flexibility index (Phi) is 6.35. The maximum atomic E-state index is 13.1. The number of rotatable bonds is 5. The van der Waals surface area contributed by atoms with E-state index in [0.29, 0.717) is 24.4 Å². The SMILES string of the molecule is C[C@@H](O)[C@H]1C(=O)N2C(C(=O)O)=C(S[C@H]3C[C@@H](C(=O)N4CCCNCC4)N(C)C3)[C@H](C)[C@H]12. The van der Waals surface area contributed by atoms with Crippen molar-refractivity contribution < 1.29 is 24.6 Å². The van der Waals surface area contributed by atoms with E-state index in [-0.39, 0.29) is 40.8 Å². The number of β-lactam (4-membered cyclic amide) rings is 1. The standard InChI is InChI=1S/C21H32N4O5S/c1-11-16-15(12(2)26)20(28)25(16)17(21(29)30)18(11)31-13-9-14(23(3)10-13)19(27)24-7-4-5-22-6-8-24/h11-16,22,26H,4-10H2,1-3H3,(H,29,30)/t11-,12-,13+,14+,15-,16-/m1/s1. The molecule has 31 heavy (non-hydrogen) atoms. The molecule has 0 unspecified atom stereocenters. The molecule has 3 fully saturated rings. The van der Waals surface area contributed by atoms with Crippen molar-refractivity contribution in [2.75, 3.05) is 39.8 Å². The summed E-state index contributed by atoms with van der Waals surface area (Å²) in [6.45, 7) is 7.42.